The molecule has 136 valence electrons. The molecule has 0 spiro atoms. The minimum absolute atomic E-state index is 0.569. The van der Waals surface area contributed by atoms with E-state index in [1.807, 2.05) is 50.1 Å². The number of aromatic nitrogens is 4. The molecule has 0 N–H and O–H groups in total. The van der Waals surface area contributed by atoms with E-state index >= 15 is 0 Å². The molecule has 1 aromatic carbocycles. The number of hydrogen-bond acceptors (Lipinski definition) is 7. The van der Waals surface area contributed by atoms with E-state index in [-0.39, 0.29) is 0 Å². The van der Waals surface area contributed by atoms with E-state index < -0.39 is 0 Å². The Kier molecular flexibility index (Phi) is 4.34. The van der Waals surface area contributed by atoms with Gasteiger partial charge in [0.2, 0.25) is 0 Å². The van der Waals surface area contributed by atoms with E-state index in [1.54, 1.807) is 0 Å². The first-order chi connectivity index (χ1) is 12.6. The van der Waals surface area contributed by atoms with Crippen molar-refractivity contribution in [2.75, 3.05) is 20.3 Å². The molecule has 0 aliphatic carbocycles. The van der Waals surface area contributed by atoms with Gasteiger partial charge in [-0.1, -0.05) is 10.3 Å². The van der Waals surface area contributed by atoms with Gasteiger partial charge in [0, 0.05) is 37.5 Å². The molecule has 0 amide bonds. The molecular weight excluding hydrogens is 334 g/mol. The van der Waals surface area contributed by atoms with Crippen LogP contribution in [-0.2, 0) is 20.1 Å². The van der Waals surface area contributed by atoms with Gasteiger partial charge in [0.15, 0.2) is 11.5 Å². The molecular formula is C18H21N5O3. The highest BCUT2D eigenvalue weighted by Crippen LogP contribution is 2.35. The molecule has 1 aliphatic heterocycles. The number of aryl methyl sites for hydroxylation is 2. The van der Waals surface area contributed by atoms with Gasteiger partial charge < -0.3 is 9.47 Å². The van der Waals surface area contributed by atoms with Crippen LogP contribution in [0.5, 0.6) is 11.5 Å². The lowest BCUT2D eigenvalue weighted by molar-refractivity contribution is 0.171. The van der Waals surface area contributed by atoms with Gasteiger partial charge in [-0.3, -0.25) is 9.58 Å². The predicted molar refractivity (Wildman–Crippen MR) is 93.8 cm³/mol. The Balaban J connectivity index is 1.57. The van der Waals surface area contributed by atoms with Crippen LogP contribution in [0.3, 0.4) is 0 Å². The lowest BCUT2D eigenvalue weighted by atomic mass is 10.1. The summed E-state index contributed by atoms with van der Waals surface area (Å²) in [5, 5.41) is 12.4. The summed E-state index contributed by atoms with van der Waals surface area (Å²) in [6, 6.07) is 5.95. The highest BCUT2D eigenvalue weighted by Gasteiger charge is 2.18. The Hall–Kier alpha value is -2.87. The van der Waals surface area contributed by atoms with Gasteiger partial charge in [0.25, 0.3) is 0 Å². The third-order valence-corrected chi connectivity index (χ3v) is 4.33. The number of hydrogen-bond donors (Lipinski definition) is 0. The molecule has 3 aromatic rings. The molecule has 8 nitrogen and oxygen atoms in total. The fraction of sp³-hybridized carbons (Fsp3) is 0.389. The average Bonchev–Trinajstić information content (AvgIpc) is 3.20. The lowest BCUT2D eigenvalue weighted by Gasteiger charge is -2.19. The monoisotopic (exact) mass is 355 g/mol. The van der Waals surface area contributed by atoms with Gasteiger partial charge in [-0.05, 0) is 32.2 Å². The molecule has 0 saturated carbocycles. The summed E-state index contributed by atoms with van der Waals surface area (Å²) in [4.78, 5) is 2.16. The quantitative estimate of drug-likeness (QED) is 0.694. The highest BCUT2D eigenvalue weighted by atomic mass is 16.6. The molecule has 4 rings (SSSR count). The van der Waals surface area contributed by atoms with Crippen molar-refractivity contribution < 1.29 is 14.1 Å². The maximum Gasteiger partial charge on any atom is 0.162 e. The Bertz CT molecular complexity index is 917. The van der Waals surface area contributed by atoms with Crippen molar-refractivity contribution in [2.45, 2.75) is 20.0 Å². The zero-order valence-electron chi connectivity index (χ0n) is 15.1. The van der Waals surface area contributed by atoms with Crippen LogP contribution < -0.4 is 9.47 Å². The highest BCUT2D eigenvalue weighted by molar-refractivity contribution is 5.66. The summed E-state index contributed by atoms with van der Waals surface area (Å²) in [5.41, 5.74) is 4.73. The van der Waals surface area contributed by atoms with E-state index in [1.165, 1.54) is 0 Å². The van der Waals surface area contributed by atoms with Gasteiger partial charge in [0.1, 0.15) is 24.6 Å². The van der Waals surface area contributed by atoms with Gasteiger partial charge >= 0.3 is 0 Å². The summed E-state index contributed by atoms with van der Waals surface area (Å²) < 4.78 is 17.9. The van der Waals surface area contributed by atoms with Crippen molar-refractivity contribution in [2.24, 2.45) is 7.05 Å². The third kappa shape index (κ3) is 3.28. The van der Waals surface area contributed by atoms with Gasteiger partial charge in [-0.2, -0.15) is 5.10 Å². The molecule has 8 heteroatoms. The third-order valence-electron chi connectivity index (χ3n) is 4.33. The van der Waals surface area contributed by atoms with Crippen LogP contribution in [0.4, 0.5) is 0 Å². The zero-order chi connectivity index (χ0) is 18.1. The van der Waals surface area contributed by atoms with Crippen molar-refractivity contribution in [1.29, 1.82) is 0 Å². The molecule has 0 atom stereocenters. The second-order valence-electron chi connectivity index (χ2n) is 6.50. The molecule has 0 radical (unpaired) electrons. The van der Waals surface area contributed by atoms with Gasteiger partial charge in [0.05, 0.1) is 5.69 Å². The van der Waals surface area contributed by atoms with Gasteiger partial charge in [-0.25, -0.2) is 4.63 Å². The van der Waals surface area contributed by atoms with E-state index in [0.29, 0.717) is 19.8 Å². The summed E-state index contributed by atoms with van der Waals surface area (Å²) in [6.07, 6.45) is 2.04. The standard InChI is InChI=1S/C18H21N5O3/c1-12-15(21-26-20-12)11-22(2)9-14-10-23(3)19-18(14)13-4-5-16-17(8-13)25-7-6-24-16/h4-5,8,10H,6-7,9,11H2,1-3H3. The maximum atomic E-state index is 5.70. The summed E-state index contributed by atoms with van der Waals surface area (Å²) in [7, 11) is 3.96. The number of benzene rings is 1. The van der Waals surface area contributed by atoms with E-state index in [9.17, 15) is 0 Å². The SMILES string of the molecule is Cc1nonc1CN(C)Cc1cn(C)nc1-c1ccc2c(c1)OCCO2. The fourth-order valence-corrected chi connectivity index (χ4v) is 3.08. The first-order valence-electron chi connectivity index (χ1n) is 8.49. The Labute approximate surface area is 151 Å². The van der Waals surface area contributed by atoms with Crippen molar-refractivity contribution in [3.63, 3.8) is 0 Å². The Morgan fingerprint density at radius 2 is 1.92 bits per heavy atom. The molecule has 0 saturated heterocycles. The first-order valence-corrected chi connectivity index (χ1v) is 8.49. The first kappa shape index (κ1) is 16.6. The van der Waals surface area contributed by atoms with Crippen molar-refractivity contribution in [3.05, 3.63) is 41.3 Å². The number of ether oxygens (including phenoxy) is 2. The summed E-state index contributed by atoms with van der Waals surface area (Å²) in [5.74, 6) is 1.55. The Morgan fingerprint density at radius 3 is 2.69 bits per heavy atom. The number of fused-ring (bicyclic) bond motifs is 1. The van der Waals surface area contributed by atoms with Crippen LogP contribution in [0, 0.1) is 6.92 Å². The second-order valence-corrected chi connectivity index (χ2v) is 6.50. The van der Waals surface area contributed by atoms with Crippen LogP contribution in [0.25, 0.3) is 11.3 Å². The van der Waals surface area contributed by atoms with Crippen LogP contribution in [0.1, 0.15) is 17.0 Å². The van der Waals surface area contributed by atoms with E-state index in [4.69, 9.17) is 14.1 Å². The summed E-state index contributed by atoms with van der Waals surface area (Å²) in [6.45, 7) is 4.43. The smallest absolute Gasteiger partial charge is 0.162 e. The predicted octanol–water partition coefficient (Wildman–Crippen LogP) is 2.18. The zero-order valence-corrected chi connectivity index (χ0v) is 15.1. The molecule has 0 fully saturated rings. The minimum atomic E-state index is 0.569. The maximum absolute atomic E-state index is 5.70. The largest absolute Gasteiger partial charge is 0.486 e. The van der Waals surface area contributed by atoms with Crippen LogP contribution in [-0.4, -0.2) is 45.3 Å². The summed E-state index contributed by atoms with van der Waals surface area (Å²) >= 11 is 0. The Morgan fingerprint density at radius 1 is 1.12 bits per heavy atom. The average molecular weight is 355 g/mol. The van der Waals surface area contributed by atoms with Crippen molar-refractivity contribution in [3.8, 4) is 22.8 Å². The second kappa shape index (κ2) is 6.80. The molecule has 26 heavy (non-hydrogen) atoms. The lowest BCUT2D eigenvalue weighted by Crippen LogP contribution is -2.18. The van der Waals surface area contributed by atoms with Crippen LogP contribution in [0.15, 0.2) is 29.0 Å². The molecule has 0 unspecified atom stereocenters. The van der Waals surface area contributed by atoms with E-state index in [0.717, 1.165) is 46.3 Å². The molecule has 1 aliphatic rings. The number of nitrogens with zero attached hydrogens (tertiary/aromatic N) is 5. The molecule has 2 aromatic heterocycles. The van der Waals surface area contributed by atoms with Crippen LogP contribution >= 0.6 is 0 Å². The topological polar surface area (TPSA) is 78.4 Å². The van der Waals surface area contributed by atoms with Gasteiger partial charge in [-0.15, -0.1) is 0 Å². The molecule has 0 bridgehead atoms. The minimum Gasteiger partial charge on any atom is -0.486 e. The molecule has 3 heterocycles. The van der Waals surface area contributed by atoms with Crippen molar-refractivity contribution >= 4 is 0 Å². The number of rotatable bonds is 5. The van der Waals surface area contributed by atoms with Crippen molar-refractivity contribution in [1.82, 2.24) is 25.0 Å². The van der Waals surface area contributed by atoms with E-state index in [2.05, 4.69) is 20.3 Å². The normalized spacial score (nSPS) is 13.4. The fourth-order valence-electron chi connectivity index (χ4n) is 3.08. The van der Waals surface area contributed by atoms with Crippen LogP contribution in [0.2, 0.25) is 0 Å².